The fourth-order valence-corrected chi connectivity index (χ4v) is 3.96. The smallest absolute Gasteiger partial charge is 0.353 e. The molecule has 0 saturated carbocycles. The number of alkyl halides is 3. The van der Waals surface area contributed by atoms with Gasteiger partial charge in [-0.1, -0.05) is 90.8 Å². The lowest BCUT2D eigenvalue weighted by Crippen LogP contribution is -2.50. The van der Waals surface area contributed by atoms with E-state index in [1.54, 1.807) is 0 Å². The highest BCUT2D eigenvalue weighted by Gasteiger charge is 2.32. The molecule has 1 aromatic heterocycles. The van der Waals surface area contributed by atoms with Crippen molar-refractivity contribution in [3.05, 3.63) is 59.8 Å². The Morgan fingerprint density at radius 3 is 2.02 bits per heavy atom. The van der Waals surface area contributed by atoms with Crippen LogP contribution in [0.5, 0.6) is 0 Å². The van der Waals surface area contributed by atoms with Crippen LogP contribution in [-0.2, 0) is 11.0 Å². The quantitative estimate of drug-likeness (QED) is 0.329. The number of amides is 1. The van der Waals surface area contributed by atoms with Gasteiger partial charge in [-0.05, 0) is 44.9 Å². The maximum atomic E-state index is 12.9. The fraction of sp³-hybridized carbons (Fsp3) is 0.625. The molecule has 1 aliphatic rings. The van der Waals surface area contributed by atoms with E-state index in [1.165, 1.54) is 18.2 Å². The molecule has 3 rings (SSSR count). The minimum Gasteiger partial charge on any atom is -0.353 e. The highest BCUT2D eigenvalue weighted by atomic mass is 19.4. The van der Waals surface area contributed by atoms with E-state index in [1.807, 2.05) is 48.8 Å². The normalized spacial score (nSPS) is 13.7. The Balaban J connectivity index is 0.00000106. The van der Waals surface area contributed by atoms with Crippen molar-refractivity contribution in [3.8, 4) is 0 Å². The Hall–Kier alpha value is -2.61. The average molecular weight is 567 g/mol. The van der Waals surface area contributed by atoms with Gasteiger partial charge < -0.3 is 15.1 Å². The third kappa shape index (κ3) is 15.2. The predicted octanol–water partition coefficient (Wildman–Crippen LogP) is 7.99. The van der Waals surface area contributed by atoms with Gasteiger partial charge in [-0.25, -0.2) is 4.98 Å². The topological polar surface area (TPSA) is 48.5 Å². The second-order valence-electron chi connectivity index (χ2n) is 9.93. The molecule has 1 atom stereocenters. The number of pyridine rings is 1. The van der Waals surface area contributed by atoms with Crippen LogP contribution in [0.3, 0.4) is 0 Å². The molecule has 1 fully saturated rings. The van der Waals surface area contributed by atoms with Crippen LogP contribution in [0.15, 0.2) is 48.7 Å². The predicted molar refractivity (Wildman–Crippen MR) is 163 cm³/mol. The molecule has 1 amide bonds. The number of rotatable bonds is 8. The molecule has 228 valence electrons. The minimum absolute atomic E-state index is 0.00666. The molecule has 5 nitrogen and oxygen atoms in total. The van der Waals surface area contributed by atoms with E-state index in [0.717, 1.165) is 37.9 Å². The molecule has 2 aromatic rings. The van der Waals surface area contributed by atoms with Crippen molar-refractivity contribution in [1.82, 2.24) is 15.2 Å². The molecule has 0 bridgehead atoms. The zero-order chi connectivity index (χ0) is 30.6. The van der Waals surface area contributed by atoms with E-state index >= 15 is 0 Å². The zero-order valence-corrected chi connectivity index (χ0v) is 26.0. The molecule has 8 heteroatoms. The number of nitrogens with zero attached hydrogens (tertiary/aromatic N) is 3. The van der Waals surface area contributed by atoms with Gasteiger partial charge in [0.05, 0.1) is 5.56 Å². The van der Waals surface area contributed by atoms with Crippen LogP contribution in [0, 0.1) is 12.8 Å². The van der Waals surface area contributed by atoms with Gasteiger partial charge in [-0.2, -0.15) is 13.2 Å². The van der Waals surface area contributed by atoms with Crippen molar-refractivity contribution in [2.24, 2.45) is 5.92 Å². The second-order valence-corrected chi connectivity index (χ2v) is 9.93. The van der Waals surface area contributed by atoms with Gasteiger partial charge in [0.25, 0.3) is 0 Å². The first-order valence-corrected chi connectivity index (χ1v) is 14.8. The number of carbonyl (C=O) groups is 1. The Labute approximate surface area is 241 Å². The van der Waals surface area contributed by atoms with Crippen molar-refractivity contribution in [3.63, 3.8) is 0 Å². The largest absolute Gasteiger partial charge is 0.416 e. The van der Waals surface area contributed by atoms with E-state index in [0.29, 0.717) is 38.0 Å². The molecule has 1 unspecified atom stereocenters. The summed E-state index contributed by atoms with van der Waals surface area (Å²) in [5.74, 6) is 0.476. The first-order valence-electron chi connectivity index (χ1n) is 14.8. The number of aromatic nitrogens is 1. The number of nitrogens with one attached hydrogen (secondary N) is 1. The van der Waals surface area contributed by atoms with Crippen LogP contribution in [-0.4, -0.2) is 54.6 Å². The number of benzene rings is 1. The number of hydrogen-bond acceptors (Lipinski definition) is 4. The summed E-state index contributed by atoms with van der Waals surface area (Å²) in [7, 11) is 0. The monoisotopic (exact) mass is 566 g/mol. The lowest BCUT2D eigenvalue weighted by molar-refractivity contribution is -0.137. The molecule has 0 aliphatic carbocycles. The summed E-state index contributed by atoms with van der Waals surface area (Å²) in [4.78, 5) is 20.5. The van der Waals surface area contributed by atoms with Gasteiger partial charge in [0.2, 0.25) is 5.91 Å². The molecule has 40 heavy (non-hydrogen) atoms. The van der Waals surface area contributed by atoms with Crippen LogP contribution in [0.2, 0.25) is 0 Å². The van der Waals surface area contributed by atoms with Gasteiger partial charge >= 0.3 is 6.18 Å². The van der Waals surface area contributed by atoms with Gasteiger partial charge in [0.15, 0.2) is 0 Å². The van der Waals surface area contributed by atoms with Gasteiger partial charge in [0.1, 0.15) is 5.82 Å². The summed E-state index contributed by atoms with van der Waals surface area (Å²) < 4.78 is 38.7. The number of carbonyl (C=O) groups excluding carboxylic acids is 1. The standard InChI is InChI=1S/C20H31F3N4O.C7H8.C3H8.C2H6/c1-4-16(6-5-8-24-15(2)3)19(28)27-12-10-26(11-13-27)18-14-17(7-9-25-18)20(21,22)23;1-7-5-3-2-4-6-7;1-3-2;1-2/h7,9,14-16,24H,4-6,8,10-13H2,1-3H3;2-6H,1H3;3H2,1-2H3;1-2H3. The first kappa shape index (κ1) is 37.4. The van der Waals surface area contributed by atoms with Gasteiger partial charge in [-0.15, -0.1) is 0 Å². The molecular weight excluding hydrogens is 513 g/mol. The highest BCUT2D eigenvalue weighted by Crippen LogP contribution is 2.31. The maximum Gasteiger partial charge on any atom is 0.416 e. The minimum atomic E-state index is -4.38. The Morgan fingerprint density at radius 2 is 1.57 bits per heavy atom. The lowest BCUT2D eigenvalue weighted by Gasteiger charge is -2.37. The molecular formula is C32H53F3N4O. The summed E-state index contributed by atoms with van der Waals surface area (Å²) >= 11 is 0. The van der Waals surface area contributed by atoms with Crippen LogP contribution < -0.4 is 10.2 Å². The number of aryl methyl sites for hydroxylation is 1. The van der Waals surface area contributed by atoms with Crippen molar-refractivity contribution in [1.29, 1.82) is 0 Å². The van der Waals surface area contributed by atoms with E-state index in [9.17, 15) is 18.0 Å². The van der Waals surface area contributed by atoms with Crippen LogP contribution in [0.1, 0.15) is 85.3 Å². The lowest BCUT2D eigenvalue weighted by atomic mass is 9.98. The number of hydrogen-bond donors (Lipinski definition) is 1. The summed E-state index contributed by atoms with van der Waals surface area (Å²) in [6.45, 7) is 19.5. The second kappa shape index (κ2) is 21.2. The van der Waals surface area contributed by atoms with Crippen molar-refractivity contribution >= 4 is 11.7 Å². The number of piperazine rings is 1. The number of halogens is 3. The average Bonchev–Trinajstić information content (AvgIpc) is 2.95. The van der Waals surface area contributed by atoms with Crippen LogP contribution in [0.4, 0.5) is 19.0 Å². The molecule has 0 spiro atoms. The van der Waals surface area contributed by atoms with E-state index in [2.05, 4.69) is 57.1 Å². The maximum absolute atomic E-state index is 12.9. The van der Waals surface area contributed by atoms with E-state index in [4.69, 9.17) is 0 Å². The molecule has 2 heterocycles. The number of anilines is 1. The van der Waals surface area contributed by atoms with Crippen molar-refractivity contribution < 1.29 is 18.0 Å². The first-order chi connectivity index (χ1) is 19.0. The molecule has 1 aliphatic heterocycles. The third-order valence-corrected chi connectivity index (χ3v) is 6.05. The molecule has 0 radical (unpaired) electrons. The molecule has 1 saturated heterocycles. The Bertz CT molecular complexity index is 899. The van der Waals surface area contributed by atoms with E-state index < -0.39 is 11.7 Å². The zero-order valence-electron chi connectivity index (χ0n) is 26.0. The summed E-state index contributed by atoms with van der Waals surface area (Å²) in [6.07, 6.45) is 0.666. The highest BCUT2D eigenvalue weighted by molar-refractivity contribution is 5.79. The SMILES string of the molecule is CC.CCC.CCC(CCCNC(C)C)C(=O)N1CCN(c2cc(C(F)(F)F)ccn2)CC1.Cc1ccccc1. The molecule has 1 N–H and O–H groups in total. The van der Waals surface area contributed by atoms with Gasteiger partial charge in [0, 0.05) is 44.3 Å². The van der Waals surface area contributed by atoms with E-state index in [-0.39, 0.29) is 11.8 Å². The third-order valence-electron chi connectivity index (χ3n) is 6.05. The van der Waals surface area contributed by atoms with Crippen molar-refractivity contribution in [2.75, 3.05) is 37.6 Å². The summed E-state index contributed by atoms with van der Waals surface area (Å²) in [6, 6.07) is 12.8. The Kier molecular flexibility index (Phi) is 19.8. The van der Waals surface area contributed by atoms with Crippen LogP contribution in [0.25, 0.3) is 0 Å². The fourth-order valence-electron chi connectivity index (χ4n) is 3.96. The van der Waals surface area contributed by atoms with Gasteiger partial charge in [-0.3, -0.25) is 4.79 Å². The van der Waals surface area contributed by atoms with Crippen LogP contribution >= 0.6 is 0 Å². The summed E-state index contributed by atoms with van der Waals surface area (Å²) in [5, 5.41) is 3.36. The van der Waals surface area contributed by atoms with Crippen molar-refractivity contribution in [2.45, 2.75) is 93.3 Å². The Morgan fingerprint density at radius 1 is 1.00 bits per heavy atom. The summed E-state index contributed by atoms with van der Waals surface area (Å²) in [5.41, 5.74) is 0.625. The molecule has 1 aromatic carbocycles.